The molecule has 0 aliphatic carbocycles. The van der Waals surface area contributed by atoms with Crippen LogP contribution in [0, 0.1) is 6.92 Å². The predicted molar refractivity (Wildman–Crippen MR) is 101 cm³/mol. The van der Waals surface area contributed by atoms with Crippen molar-refractivity contribution in [1.82, 2.24) is 9.66 Å². The first-order valence-electron chi connectivity index (χ1n) is 7.62. The molecule has 1 heterocycles. The number of rotatable bonds is 5. The molecule has 3 rings (SSSR count). The smallest absolute Gasteiger partial charge is 0.341 e. The summed E-state index contributed by atoms with van der Waals surface area (Å²) in [5.41, 5.74) is 0.989. The van der Waals surface area contributed by atoms with Gasteiger partial charge in [-0.15, -0.1) is 0 Å². The summed E-state index contributed by atoms with van der Waals surface area (Å²) in [5.74, 6) is -0.194. The molecule has 0 aliphatic heterocycles. The summed E-state index contributed by atoms with van der Waals surface area (Å²) in [7, 11) is 0. The maximum absolute atomic E-state index is 12.7. The number of benzene rings is 2. The minimum absolute atomic E-state index is 0.275. The van der Waals surface area contributed by atoms with Gasteiger partial charge in [0.05, 0.1) is 17.1 Å². The molecule has 26 heavy (non-hydrogen) atoms. The number of carboxylic acids is 1. The summed E-state index contributed by atoms with van der Waals surface area (Å²) in [6.07, 6.45) is 1.49. The van der Waals surface area contributed by atoms with Crippen LogP contribution in [0.5, 0.6) is 5.75 Å². The molecule has 0 saturated heterocycles. The lowest BCUT2D eigenvalue weighted by Gasteiger charge is -2.06. The van der Waals surface area contributed by atoms with Gasteiger partial charge in [-0.3, -0.25) is 4.79 Å². The van der Waals surface area contributed by atoms with Crippen molar-refractivity contribution in [3.63, 3.8) is 0 Å². The van der Waals surface area contributed by atoms with E-state index in [9.17, 15) is 9.59 Å². The van der Waals surface area contributed by atoms with Gasteiger partial charge in [-0.2, -0.15) is 9.78 Å². The van der Waals surface area contributed by atoms with Crippen LogP contribution in [0.1, 0.15) is 11.4 Å². The fourth-order valence-corrected chi connectivity index (χ4v) is 2.71. The van der Waals surface area contributed by atoms with E-state index in [2.05, 4.69) is 26.0 Å². The maximum atomic E-state index is 12.7. The molecule has 0 unspecified atom stereocenters. The Morgan fingerprint density at radius 1 is 1.35 bits per heavy atom. The lowest BCUT2D eigenvalue weighted by atomic mass is 10.2. The summed E-state index contributed by atoms with van der Waals surface area (Å²) in [5, 5.41) is 13.3. The summed E-state index contributed by atoms with van der Waals surface area (Å²) in [6, 6.07) is 12.1. The molecule has 7 nitrogen and oxygen atoms in total. The lowest BCUT2D eigenvalue weighted by Crippen LogP contribution is -2.20. The van der Waals surface area contributed by atoms with Crippen molar-refractivity contribution < 1.29 is 14.6 Å². The van der Waals surface area contributed by atoms with Crippen LogP contribution in [-0.4, -0.2) is 33.6 Å². The third kappa shape index (κ3) is 3.97. The van der Waals surface area contributed by atoms with Crippen LogP contribution in [0.4, 0.5) is 0 Å². The van der Waals surface area contributed by atoms with E-state index in [0.29, 0.717) is 28.0 Å². The Bertz CT molecular complexity index is 1080. The molecule has 2 aromatic carbocycles. The first kappa shape index (κ1) is 17.8. The van der Waals surface area contributed by atoms with Crippen LogP contribution in [0.3, 0.4) is 0 Å². The number of carboxylic acid groups (broad SMARTS) is 1. The highest BCUT2D eigenvalue weighted by atomic mass is 79.9. The number of nitrogens with zero attached hydrogens (tertiary/aromatic N) is 3. The molecule has 0 bridgehead atoms. The number of aryl methyl sites for hydroxylation is 1. The van der Waals surface area contributed by atoms with E-state index in [4.69, 9.17) is 9.84 Å². The summed E-state index contributed by atoms with van der Waals surface area (Å²) in [6.45, 7) is 1.27. The minimum atomic E-state index is -1.06. The molecule has 0 saturated carbocycles. The van der Waals surface area contributed by atoms with Gasteiger partial charge in [0.15, 0.2) is 6.61 Å². The number of ether oxygens (including phenoxy) is 1. The summed E-state index contributed by atoms with van der Waals surface area (Å²) >= 11 is 3.35. The molecule has 0 amide bonds. The van der Waals surface area contributed by atoms with Crippen molar-refractivity contribution in [3.05, 3.63) is 68.7 Å². The van der Waals surface area contributed by atoms with Gasteiger partial charge in [-0.1, -0.05) is 28.1 Å². The minimum Gasteiger partial charge on any atom is -0.482 e. The number of hydrogen-bond acceptors (Lipinski definition) is 5. The SMILES string of the molecule is Cc1nc2ccc(Br)cc2c(=O)n1N=Cc1cccc(OCC(=O)O)c1. The Morgan fingerprint density at radius 2 is 2.15 bits per heavy atom. The second-order valence-electron chi connectivity index (χ2n) is 5.44. The van der Waals surface area contributed by atoms with Gasteiger partial charge in [-0.05, 0) is 42.8 Å². The van der Waals surface area contributed by atoms with Crippen molar-refractivity contribution in [2.45, 2.75) is 6.92 Å². The van der Waals surface area contributed by atoms with Gasteiger partial charge in [-0.25, -0.2) is 9.78 Å². The molecular formula is C18H14BrN3O4. The molecule has 1 N–H and O–H groups in total. The highest BCUT2D eigenvalue weighted by Gasteiger charge is 2.08. The van der Waals surface area contributed by atoms with Crippen molar-refractivity contribution in [3.8, 4) is 5.75 Å². The maximum Gasteiger partial charge on any atom is 0.341 e. The third-order valence-corrected chi connectivity index (χ3v) is 4.01. The van der Waals surface area contributed by atoms with Gasteiger partial charge in [0.25, 0.3) is 5.56 Å². The van der Waals surface area contributed by atoms with Crippen LogP contribution >= 0.6 is 15.9 Å². The first-order valence-corrected chi connectivity index (χ1v) is 8.41. The first-order chi connectivity index (χ1) is 12.4. The lowest BCUT2D eigenvalue weighted by molar-refractivity contribution is -0.139. The van der Waals surface area contributed by atoms with Crippen LogP contribution in [0.15, 0.2) is 56.8 Å². The van der Waals surface area contributed by atoms with Gasteiger partial charge in [0.2, 0.25) is 0 Å². The topological polar surface area (TPSA) is 93.8 Å². The number of hydrogen-bond donors (Lipinski definition) is 1. The number of aliphatic carboxylic acids is 1. The third-order valence-electron chi connectivity index (χ3n) is 3.51. The second-order valence-corrected chi connectivity index (χ2v) is 6.35. The molecule has 0 fully saturated rings. The summed E-state index contributed by atoms with van der Waals surface area (Å²) < 4.78 is 7.14. The van der Waals surface area contributed by atoms with Crippen molar-refractivity contribution in [2.24, 2.45) is 5.10 Å². The molecule has 8 heteroatoms. The molecule has 0 aliphatic rings. The van der Waals surface area contributed by atoms with E-state index in [0.717, 1.165) is 4.47 Å². The molecule has 0 atom stereocenters. The normalized spacial score (nSPS) is 11.2. The van der Waals surface area contributed by atoms with Crippen LogP contribution in [0.2, 0.25) is 0 Å². The highest BCUT2D eigenvalue weighted by Crippen LogP contribution is 2.16. The molecule has 1 aromatic heterocycles. The van der Waals surface area contributed by atoms with E-state index in [1.165, 1.54) is 10.9 Å². The molecule has 132 valence electrons. The molecule has 0 radical (unpaired) electrons. The quantitative estimate of drug-likeness (QED) is 0.646. The molecular weight excluding hydrogens is 402 g/mol. The van der Waals surface area contributed by atoms with Crippen molar-refractivity contribution >= 4 is 39.0 Å². The zero-order valence-electron chi connectivity index (χ0n) is 13.7. The Balaban J connectivity index is 1.95. The Labute approximate surface area is 156 Å². The van der Waals surface area contributed by atoms with Crippen molar-refractivity contribution in [1.29, 1.82) is 0 Å². The van der Waals surface area contributed by atoms with E-state index in [1.54, 1.807) is 43.3 Å². The largest absolute Gasteiger partial charge is 0.482 e. The predicted octanol–water partition coefficient (Wildman–Crippen LogP) is 2.81. The average molecular weight is 416 g/mol. The van der Waals surface area contributed by atoms with E-state index in [1.807, 2.05) is 6.07 Å². The number of carbonyl (C=O) groups is 1. The Hall–Kier alpha value is -3.00. The zero-order valence-corrected chi connectivity index (χ0v) is 15.3. The zero-order chi connectivity index (χ0) is 18.7. The van der Waals surface area contributed by atoms with Crippen LogP contribution < -0.4 is 10.3 Å². The Kier molecular flexibility index (Phi) is 5.13. The Morgan fingerprint density at radius 3 is 2.92 bits per heavy atom. The number of fused-ring (bicyclic) bond motifs is 1. The summed E-state index contributed by atoms with van der Waals surface area (Å²) in [4.78, 5) is 27.6. The van der Waals surface area contributed by atoms with Crippen LogP contribution in [0.25, 0.3) is 10.9 Å². The van der Waals surface area contributed by atoms with Gasteiger partial charge >= 0.3 is 5.97 Å². The highest BCUT2D eigenvalue weighted by molar-refractivity contribution is 9.10. The molecule has 0 spiro atoms. The molecule has 3 aromatic rings. The number of halogens is 1. The van der Waals surface area contributed by atoms with Gasteiger partial charge in [0.1, 0.15) is 11.6 Å². The van der Waals surface area contributed by atoms with E-state index < -0.39 is 12.6 Å². The standard InChI is InChI=1S/C18H14BrN3O4/c1-11-21-16-6-5-13(19)8-15(16)18(25)22(11)20-9-12-3-2-4-14(7-12)26-10-17(23)24/h2-9H,10H2,1H3,(H,23,24). The monoisotopic (exact) mass is 415 g/mol. The fraction of sp³-hybridized carbons (Fsp3) is 0.111. The average Bonchev–Trinajstić information content (AvgIpc) is 2.61. The van der Waals surface area contributed by atoms with E-state index in [-0.39, 0.29) is 5.56 Å². The van der Waals surface area contributed by atoms with Gasteiger partial charge in [0, 0.05) is 4.47 Å². The van der Waals surface area contributed by atoms with E-state index >= 15 is 0 Å². The second kappa shape index (κ2) is 7.49. The van der Waals surface area contributed by atoms with Gasteiger partial charge < -0.3 is 9.84 Å². The van der Waals surface area contributed by atoms with Crippen LogP contribution in [-0.2, 0) is 4.79 Å². The van der Waals surface area contributed by atoms with Crippen molar-refractivity contribution in [2.75, 3.05) is 6.61 Å². The number of aromatic nitrogens is 2. The fourth-order valence-electron chi connectivity index (χ4n) is 2.35.